The molecule has 4 N–H and O–H groups in total. The van der Waals surface area contributed by atoms with Gasteiger partial charge in [0.15, 0.2) is 5.69 Å². The van der Waals surface area contributed by atoms with Crippen molar-refractivity contribution in [2.75, 3.05) is 11.0 Å². The normalized spacial score (nSPS) is 12.9. The van der Waals surface area contributed by atoms with E-state index in [1.54, 1.807) is 28.9 Å². The highest BCUT2D eigenvalue weighted by atomic mass is 32.2. The average molecular weight is 398 g/mol. The molecule has 3 aromatic rings. The predicted octanol–water partition coefficient (Wildman–Crippen LogP) is 1.81. The molecule has 28 heavy (non-hydrogen) atoms. The van der Waals surface area contributed by atoms with Gasteiger partial charge in [-0.2, -0.15) is 5.10 Å². The lowest BCUT2D eigenvalue weighted by Crippen LogP contribution is -2.15. The Morgan fingerprint density at radius 2 is 2.00 bits per heavy atom. The van der Waals surface area contributed by atoms with E-state index in [-0.39, 0.29) is 11.4 Å². The molecular weight excluding hydrogens is 380 g/mol. The third kappa shape index (κ3) is 3.20. The second-order valence-electron chi connectivity index (χ2n) is 6.72. The van der Waals surface area contributed by atoms with Gasteiger partial charge < -0.3 is 10.8 Å². The SMILES string of the molecule is CS(=O)(=O)Nc1ccc2c(c1)-c1c(c(C(N)=O)nn1-c1cccc(O)c1)CC2. The van der Waals surface area contributed by atoms with E-state index < -0.39 is 15.9 Å². The maximum atomic E-state index is 12.0. The first-order valence-corrected chi connectivity index (χ1v) is 10.4. The fraction of sp³-hybridized carbons (Fsp3) is 0.158. The van der Waals surface area contributed by atoms with Gasteiger partial charge in [-0.1, -0.05) is 12.1 Å². The van der Waals surface area contributed by atoms with E-state index in [1.807, 2.05) is 6.07 Å². The largest absolute Gasteiger partial charge is 0.508 e. The molecule has 0 fully saturated rings. The number of hydrogen-bond acceptors (Lipinski definition) is 5. The highest BCUT2D eigenvalue weighted by Crippen LogP contribution is 2.38. The molecule has 1 heterocycles. The molecule has 0 bridgehead atoms. The van der Waals surface area contributed by atoms with Gasteiger partial charge in [0.2, 0.25) is 10.0 Å². The Bertz CT molecular complexity index is 1210. The molecule has 9 heteroatoms. The van der Waals surface area contributed by atoms with E-state index in [0.29, 0.717) is 35.5 Å². The molecular formula is C19H18N4O4S. The van der Waals surface area contributed by atoms with Crippen LogP contribution in [-0.4, -0.2) is 35.5 Å². The maximum absolute atomic E-state index is 12.0. The number of hydrogen-bond donors (Lipinski definition) is 3. The van der Waals surface area contributed by atoms with Crippen molar-refractivity contribution < 1.29 is 18.3 Å². The lowest BCUT2D eigenvalue weighted by Gasteiger charge is -2.20. The van der Waals surface area contributed by atoms with Crippen molar-refractivity contribution in [1.29, 1.82) is 0 Å². The zero-order valence-corrected chi connectivity index (χ0v) is 15.8. The zero-order chi connectivity index (χ0) is 20.1. The van der Waals surface area contributed by atoms with Gasteiger partial charge in [-0.3, -0.25) is 9.52 Å². The molecule has 0 unspecified atom stereocenters. The minimum atomic E-state index is -3.44. The summed E-state index contributed by atoms with van der Waals surface area (Å²) in [6.45, 7) is 0. The summed E-state index contributed by atoms with van der Waals surface area (Å²) < 4.78 is 27.3. The molecule has 2 aromatic carbocycles. The van der Waals surface area contributed by atoms with E-state index in [2.05, 4.69) is 9.82 Å². The summed E-state index contributed by atoms with van der Waals surface area (Å²) in [6, 6.07) is 11.8. The van der Waals surface area contributed by atoms with Crippen LogP contribution in [0.3, 0.4) is 0 Å². The van der Waals surface area contributed by atoms with Crippen molar-refractivity contribution >= 4 is 21.6 Å². The molecule has 1 aliphatic carbocycles. The number of nitrogens with one attached hydrogen (secondary N) is 1. The van der Waals surface area contributed by atoms with Crippen LogP contribution >= 0.6 is 0 Å². The monoisotopic (exact) mass is 398 g/mol. The van der Waals surface area contributed by atoms with Crippen molar-refractivity contribution in [3.05, 3.63) is 59.3 Å². The van der Waals surface area contributed by atoms with Crippen LogP contribution in [0.2, 0.25) is 0 Å². The molecule has 1 amide bonds. The second kappa shape index (κ2) is 6.38. The fourth-order valence-electron chi connectivity index (χ4n) is 3.53. The summed E-state index contributed by atoms with van der Waals surface area (Å²) in [5, 5.41) is 14.3. The summed E-state index contributed by atoms with van der Waals surface area (Å²) in [5.41, 5.74) is 9.83. The third-order valence-corrected chi connectivity index (χ3v) is 5.21. The number of sulfonamides is 1. The molecule has 0 aliphatic heterocycles. The van der Waals surface area contributed by atoms with Gasteiger partial charge in [0.25, 0.3) is 5.91 Å². The molecule has 0 atom stereocenters. The number of rotatable bonds is 4. The molecule has 144 valence electrons. The zero-order valence-electron chi connectivity index (χ0n) is 15.0. The van der Waals surface area contributed by atoms with Crippen molar-refractivity contribution in [1.82, 2.24) is 9.78 Å². The van der Waals surface area contributed by atoms with E-state index in [0.717, 1.165) is 17.4 Å². The smallest absolute Gasteiger partial charge is 0.269 e. The van der Waals surface area contributed by atoms with Gasteiger partial charge in [0.05, 0.1) is 17.6 Å². The van der Waals surface area contributed by atoms with E-state index in [9.17, 15) is 18.3 Å². The highest BCUT2D eigenvalue weighted by molar-refractivity contribution is 7.92. The van der Waals surface area contributed by atoms with Crippen LogP contribution in [0.25, 0.3) is 16.9 Å². The lowest BCUT2D eigenvalue weighted by atomic mass is 9.88. The number of phenols is 1. The topological polar surface area (TPSA) is 127 Å². The number of primary amides is 1. The number of aromatic nitrogens is 2. The van der Waals surface area contributed by atoms with Crippen LogP contribution in [0.15, 0.2) is 42.5 Å². The first kappa shape index (κ1) is 18.1. The van der Waals surface area contributed by atoms with Crippen LogP contribution in [0, 0.1) is 0 Å². The van der Waals surface area contributed by atoms with Crippen molar-refractivity contribution in [2.24, 2.45) is 5.73 Å². The Kier molecular flexibility index (Phi) is 4.11. The standard InChI is InChI=1S/C19H18N4O4S/c1-28(26,27)22-12-7-5-11-6-8-15-17(19(20)25)21-23(18(15)16(11)9-12)13-3-2-4-14(24)10-13/h2-5,7,9-10,22,24H,6,8H2,1H3,(H2,20,25). The fourth-order valence-corrected chi connectivity index (χ4v) is 4.08. The Labute approximate surface area is 161 Å². The molecule has 8 nitrogen and oxygen atoms in total. The Morgan fingerprint density at radius 3 is 2.68 bits per heavy atom. The minimum Gasteiger partial charge on any atom is -0.508 e. The van der Waals surface area contributed by atoms with Gasteiger partial charge in [0, 0.05) is 22.9 Å². The third-order valence-electron chi connectivity index (χ3n) is 4.60. The van der Waals surface area contributed by atoms with Gasteiger partial charge >= 0.3 is 0 Å². The second-order valence-corrected chi connectivity index (χ2v) is 8.47. The number of aromatic hydroxyl groups is 1. The molecule has 0 saturated heterocycles. The van der Waals surface area contributed by atoms with Gasteiger partial charge in [0.1, 0.15) is 5.75 Å². The minimum absolute atomic E-state index is 0.0610. The summed E-state index contributed by atoms with van der Waals surface area (Å²) >= 11 is 0. The number of carbonyl (C=O) groups is 1. The number of aryl methyl sites for hydroxylation is 1. The summed E-state index contributed by atoms with van der Waals surface area (Å²) in [7, 11) is -3.44. The van der Waals surface area contributed by atoms with Crippen LogP contribution in [-0.2, 0) is 22.9 Å². The number of fused-ring (bicyclic) bond motifs is 3. The van der Waals surface area contributed by atoms with E-state index >= 15 is 0 Å². The maximum Gasteiger partial charge on any atom is 0.269 e. The Morgan fingerprint density at radius 1 is 1.21 bits per heavy atom. The number of phenolic OH excluding ortho intramolecular Hbond substituents is 1. The number of benzene rings is 2. The van der Waals surface area contributed by atoms with Crippen molar-refractivity contribution in [3.8, 4) is 22.7 Å². The van der Waals surface area contributed by atoms with E-state index in [4.69, 9.17) is 5.73 Å². The first-order chi connectivity index (χ1) is 13.2. The average Bonchev–Trinajstić information content (AvgIpc) is 3.01. The molecule has 1 aromatic heterocycles. The van der Waals surface area contributed by atoms with Crippen LogP contribution < -0.4 is 10.5 Å². The van der Waals surface area contributed by atoms with Crippen molar-refractivity contribution in [3.63, 3.8) is 0 Å². The van der Waals surface area contributed by atoms with Gasteiger partial charge in [-0.15, -0.1) is 0 Å². The summed E-state index contributed by atoms with van der Waals surface area (Å²) in [5.74, 6) is -0.574. The van der Waals surface area contributed by atoms with Crippen LogP contribution in [0.5, 0.6) is 5.75 Å². The van der Waals surface area contributed by atoms with Crippen LogP contribution in [0.4, 0.5) is 5.69 Å². The molecule has 4 rings (SSSR count). The number of nitrogens with zero attached hydrogens (tertiary/aromatic N) is 2. The Hall–Kier alpha value is -3.33. The van der Waals surface area contributed by atoms with Crippen molar-refractivity contribution in [2.45, 2.75) is 12.8 Å². The predicted molar refractivity (Wildman–Crippen MR) is 105 cm³/mol. The number of amides is 1. The number of anilines is 1. The molecule has 1 aliphatic rings. The lowest BCUT2D eigenvalue weighted by molar-refractivity contribution is 0.0994. The molecule has 0 spiro atoms. The number of nitrogens with two attached hydrogens (primary N) is 1. The van der Waals surface area contributed by atoms with Crippen LogP contribution in [0.1, 0.15) is 21.6 Å². The Balaban J connectivity index is 1.97. The summed E-state index contributed by atoms with van der Waals surface area (Å²) in [4.78, 5) is 12.0. The number of carbonyl (C=O) groups excluding carboxylic acids is 1. The van der Waals surface area contributed by atoms with E-state index in [1.165, 1.54) is 12.1 Å². The molecule has 0 saturated carbocycles. The molecule has 0 radical (unpaired) electrons. The quantitative estimate of drug-likeness (QED) is 0.618. The summed E-state index contributed by atoms with van der Waals surface area (Å²) in [6.07, 6.45) is 2.34. The first-order valence-electron chi connectivity index (χ1n) is 8.55. The highest BCUT2D eigenvalue weighted by Gasteiger charge is 2.28. The van der Waals surface area contributed by atoms with Gasteiger partial charge in [-0.25, -0.2) is 13.1 Å². The van der Waals surface area contributed by atoms with Gasteiger partial charge in [-0.05, 0) is 42.7 Å².